The lowest BCUT2D eigenvalue weighted by atomic mass is 10.1. The molecule has 7 nitrogen and oxygen atoms in total. The van der Waals surface area contributed by atoms with Crippen molar-refractivity contribution in [3.05, 3.63) is 94.7 Å². The van der Waals surface area contributed by atoms with E-state index in [9.17, 15) is 4.79 Å². The van der Waals surface area contributed by atoms with E-state index < -0.39 is 0 Å². The maximum atomic E-state index is 12.7. The second-order valence-corrected chi connectivity index (χ2v) is 9.76. The van der Waals surface area contributed by atoms with E-state index in [2.05, 4.69) is 49.2 Å². The normalized spacial score (nSPS) is 11.4. The summed E-state index contributed by atoms with van der Waals surface area (Å²) in [6.45, 7) is 10.2. The molecule has 0 aliphatic rings. The van der Waals surface area contributed by atoms with E-state index in [0.29, 0.717) is 27.7 Å². The third-order valence-corrected chi connectivity index (χ3v) is 6.92. The molecule has 198 valence electrons. The topological polar surface area (TPSA) is 76.2 Å². The van der Waals surface area contributed by atoms with Crippen molar-refractivity contribution < 1.29 is 9.21 Å². The summed E-state index contributed by atoms with van der Waals surface area (Å²) in [5.41, 5.74) is 7.14. The average Bonchev–Trinajstić information content (AvgIpc) is 3.56. The quantitative estimate of drug-likeness (QED) is 0.207. The fourth-order valence-electron chi connectivity index (χ4n) is 4.50. The van der Waals surface area contributed by atoms with Crippen LogP contribution in [0.25, 0.3) is 34.1 Å². The van der Waals surface area contributed by atoms with E-state index >= 15 is 0 Å². The molecule has 3 aromatic carbocycles. The maximum absolute atomic E-state index is 12.7. The van der Waals surface area contributed by atoms with Crippen molar-refractivity contribution in [1.29, 1.82) is 0 Å². The van der Waals surface area contributed by atoms with Crippen molar-refractivity contribution >= 4 is 46.0 Å². The number of furan rings is 1. The molecule has 2 heterocycles. The molecule has 2 aromatic heterocycles. The summed E-state index contributed by atoms with van der Waals surface area (Å²) >= 11 is 5.96. The Bertz CT molecular complexity index is 1660. The minimum Gasteiger partial charge on any atom is -0.457 e. The fraction of sp³-hybridized carbons (Fsp3) is 0.194. The number of rotatable bonds is 8. The molecule has 0 unspecified atom stereocenters. The number of aryl methyl sites for hydroxylation is 2. The number of nitrogens with one attached hydrogen (secondary N) is 1. The van der Waals surface area contributed by atoms with Crippen LogP contribution in [0.4, 0.5) is 11.4 Å². The molecule has 5 rings (SSSR count). The van der Waals surface area contributed by atoms with Gasteiger partial charge in [0.25, 0.3) is 0 Å². The van der Waals surface area contributed by atoms with E-state index in [1.807, 2.05) is 55.5 Å². The monoisotopic (exact) mass is 539 g/mol. The zero-order chi connectivity index (χ0) is 27.5. The number of benzene rings is 3. The first-order chi connectivity index (χ1) is 18.8. The van der Waals surface area contributed by atoms with Crippen LogP contribution in [0.3, 0.4) is 0 Å². The largest absolute Gasteiger partial charge is 0.457 e. The van der Waals surface area contributed by atoms with Gasteiger partial charge in [-0.1, -0.05) is 11.6 Å². The summed E-state index contributed by atoms with van der Waals surface area (Å²) in [6.07, 6.45) is 3.09. The van der Waals surface area contributed by atoms with E-state index in [4.69, 9.17) is 26.2 Å². The van der Waals surface area contributed by atoms with Gasteiger partial charge in [0.1, 0.15) is 22.6 Å². The SMILES string of the molecule is CCN(CC)c1ccc(-n2nc3cc(C)c(NC(=O)/C=C/c4ccc(-c5ccc(Cl)cc5)o4)cc3n2)c(C)c1. The van der Waals surface area contributed by atoms with Gasteiger partial charge in [0, 0.05) is 41.1 Å². The predicted octanol–water partition coefficient (Wildman–Crippen LogP) is 7.45. The van der Waals surface area contributed by atoms with Crippen LogP contribution in [0.2, 0.25) is 5.02 Å². The molecule has 0 aliphatic carbocycles. The molecule has 5 aromatic rings. The van der Waals surface area contributed by atoms with Crippen LogP contribution in [0, 0.1) is 13.8 Å². The first-order valence-electron chi connectivity index (χ1n) is 12.9. The third-order valence-electron chi connectivity index (χ3n) is 6.66. The maximum Gasteiger partial charge on any atom is 0.248 e. The molecule has 8 heteroatoms. The Balaban J connectivity index is 1.31. The van der Waals surface area contributed by atoms with E-state index in [0.717, 1.165) is 41.0 Å². The molecule has 0 fully saturated rings. The molecule has 0 atom stereocenters. The number of anilines is 2. The van der Waals surface area contributed by atoms with Gasteiger partial charge in [-0.2, -0.15) is 4.80 Å². The van der Waals surface area contributed by atoms with Crippen molar-refractivity contribution in [2.75, 3.05) is 23.3 Å². The summed E-state index contributed by atoms with van der Waals surface area (Å²) < 4.78 is 5.85. The van der Waals surface area contributed by atoms with Crippen molar-refractivity contribution in [3.63, 3.8) is 0 Å². The molecule has 0 saturated carbocycles. The molecule has 0 radical (unpaired) electrons. The lowest BCUT2D eigenvalue weighted by Gasteiger charge is -2.22. The van der Waals surface area contributed by atoms with Crippen LogP contribution in [-0.4, -0.2) is 34.0 Å². The molecule has 0 bridgehead atoms. The first kappa shape index (κ1) is 26.3. The van der Waals surface area contributed by atoms with Gasteiger partial charge in [-0.15, -0.1) is 10.2 Å². The van der Waals surface area contributed by atoms with E-state index in [1.165, 1.54) is 11.8 Å². The second-order valence-electron chi connectivity index (χ2n) is 9.32. The van der Waals surface area contributed by atoms with Gasteiger partial charge in [0.15, 0.2) is 0 Å². The van der Waals surface area contributed by atoms with Gasteiger partial charge in [-0.05, 0) is 112 Å². The van der Waals surface area contributed by atoms with Crippen molar-refractivity contribution in [2.24, 2.45) is 0 Å². The number of halogens is 1. The highest BCUT2D eigenvalue weighted by atomic mass is 35.5. The highest BCUT2D eigenvalue weighted by Gasteiger charge is 2.13. The zero-order valence-corrected chi connectivity index (χ0v) is 23.2. The highest BCUT2D eigenvalue weighted by Crippen LogP contribution is 2.26. The summed E-state index contributed by atoms with van der Waals surface area (Å²) in [6, 6.07) is 21.2. The number of amides is 1. The first-order valence-corrected chi connectivity index (χ1v) is 13.3. The van der Waals surface area contributed by atoms with E-state index in [-0.39, 0.29) is 5.91 Å². The Morgan fingerprint density at radius 2 is 1.67 bits per heavy atom. The molecule has 0 spiro atoms. The summed E-state index contributed by atoms with van der Waals surface area (Å²) in [4.78, 5) is 16.7. The van der Waals surface area contributed by atoms with Crippen LogP contribution < -0.4 is 10.2 Å². The summed E-state index contributed by atoms with van der Waals surface area (Å²) in [5, 5.41) is 13.0. The van der Waals surface area contributed by atoms with Crippen LogP contribution in [0.1, 0.15) is 30.7 Å². The van der Waals surface area contributed by atoms with Crippen molar-refractivity contribution in [3.8, 4) is 17.0 Å². The Morgan fingerprint density at radius 1 is 0.949 bits per heavy atom. The number of hydrogen-bond donors (Lipinski definition) is 1. The van der Waals surface area contributed by atoms with Gasteiger partial charge in [0.2, 0.25) is 5.91 Å². The van der Waals surface area contributed by atoms with Crippen LogP contribution in [-0.2, 0) is 4.79 Å². The van der Waals surface area contributed by atoms with Crippen molar-refractivity contribution in [2.45, 2.75) is 27.7 Å². The molecule has 1 amide bonds. The molecule has 1 N–H and O–H groups in total. The Labute approximate surface area is 232 Å². The molecule has 0 aliphatic heterocycles. The minimum atomic E-state index is -0.267. The number of hydrogen-bond acceptors (Lipinski definition) is 5. The lowest BCUT2D eigenvalue weighted by Crippen LogP contribution is -2.21. The molecule has 0 saturated heterocycles. The van der Waals surface area contributed by atoms with Gasteiger partial charge >= 0.3 is 0 Å². The zero-order valence-electron chi connectivity index (χ0n) is 22.4. The van der Waals surface area contributed by atoms with Crippen molar-refractivity contribution in [1.82, 2.24) is 15.0 Å². The molecular formula is C31H30ClN5O2. The molecular weight excluding hydrogens is 510 g/mol. The average molecular weight is 540 g/mol. The third kappa shape index (κ3) is 5.73. The highest BCUT2D eigenvalue weighted by molar-refractivity contribution is 6.30. The van der Waals surface area contributed by atoms with Crippen LogP contribution >= 0.6 is 11.6 Å². The van der Waals surface area contributed by atoms with Crippen LogP contribution in [0.15, 0.2) is 77.2 Å². The van der Waals surface area contributed by atoms with Gasteiger partial charge in [0.05, 0.1) is 5.69 Å². The number of aromatic nitrogens is 3. The summed E-state index contributed by atoms with van der Waals surface area (Å²) in [7, 11) is 0. The van der Waals surface area contributed by atoms with E-state index in [1.54, 1.807) is 10.9 Å². The predicted molar refractivity (Wildman–Crippen MR) is 159 cm³/mol. The van der Waals surface area contributed by atoms with Crippen LogP contribution in [0.5, 0.6) is 0 Å². The number of carbonyl (C=O) groups excluding carboxylic acids is 1. The standard InChI is InChI=1S/C31H30ClN5O2/c1-5-36(6-2)24-11-14-29(21(4)17-24)37-34-27-18-20(3)26(19-28(27)35-37)33-31(38)16-13-25-12-15-30(39-25)22-7-9-23(32)10-8-22/h7-19H,5-6H2,1-4H3,(H,33,38)/b16-13+. The second kappa shape index (κ2) is 11.2. The number of carbonyl (C=O) groups is 1. The smallest absolute Gasteiger partial charge is 0.248 e. The van der Waals surface area contributed by atoms with Gasteiger partial charge < -0.3 is 14.6 Å². The minimum absolute atomic E-state index is 0.267. The Kier molecular flexibility index (Phi) is 7.52. The Morgan fingerprint density at radius 3 is 2.36 bits per heavy atom. The fourth-order valence-corrected chi connectivity index (χ4v) is 4.63. The van der Waals surface area contributed by atoms with Gasteiger partial charge in [-0.3, -0.25) is 4.79 Å². The number of fused-ring (bicyclic) bond motifs is 1. The summed E-state index contributed by atoms with van der Waals surface area (Å²) in [5.74, 6) is 1.01. The molecule has 39 heavy (non-hydrogen) atoms. The lowest BCUT2D eigenvalue weighted by molar-refractivity contribution is -0.111. The Hall–Kier alpha value is -4.36. The van der Waals surface area contributed by atoms with Gasteiger partial charge in [-0.25, -0.2) is 0 Å². The number of nitrogens with zero attached hydrogens (tertiary/aromatic N) is 4.